The summed E-state index contributed by atoms with van der Waals surface area (Å²) in [6.07, 6.45) is 0. The number of hydrogen-bond donors (Lipinski definition) is 3. The third kappa shape index (κ3) is 3.14. The molecule has 0 amide bonds. The molecule has 0 atom stereocenters. The molecule has 0 radical (unpaired) electrons. The van der Waals surface area contributed by atoms with Gasteiger partial charge in [0.1, 0.15) is 39.3 Å². The summed E-state index contributed by atoms with van der Waals surface area (Å²) in [5, 5.41) is 0. The van der Waals surface area contributed by atoms with Crippen molar-refractivity contribution in [3.05, 3.63) is 124 Å². The molecule has 4 aromatic carbocycles. The van der Waals surface area contributed by atoms with Crippen LogP contribution < -0.4 is 31.3 Å². The standard InChI is InChI=1S/C30H33N6/c31-34(22-10-4-1-5-11-22)16-25-26(17-34)28-19-36(33,24-14-8-3-9-15-24)21-30(28)29-20-35(32,18-27(25)29)23-12-6-2-7-13-23/h1-15H,16-21,31-33H2/q+3. The van der Waals surface area contributed by atoms with Crippen molar-refractivity contribution in [1.82, 2.24) is 13.8 Å². The van der Waals surface area contributed by atoms with Crippen molar-refractivity contribution in [3.8, 4) is 0 Å². The molecule has 0 saturated carbocycles. The van der Waals surface area contributed by atoms with Crippen molar-refractivity contribution in [2.45, 2.75) is 39.3 Å². The van der Waals surface area contributed by atoms with Gasteiger partial charge >= 0.3 is 0 Å². The Hall–Kier alpha value is -3.36. The van der Waals surface area contributed by atoms with Crippen LogP contribution in [0.4, 0.5) is 17.1 Å². The number of benzene rings is 4. The largest absolute Gasteiger partial charge is 0.209 e. The number of nitrogens with zero attached hydrogens (tertiary/aromatic N) is 3. The summed E-state index contributed by atoms with van der Waals surface area (Å²) < 4.78 is 1.18. The van der Waals surface area contributed by atoms with Crippen molar-refractivity contribution in [2.24, 2.45) is 17.5 Å². The van der Waals surface area contributed by atoms with Gasteiger partial charge in [0.2, 0.25) is 0 Å². The Bertz CT molecular complexity index is 1220. The van der Waals surface area contributed by atoms with E-state index in [1.54, 1.807) is 0 Å². The molecule has 3 aliphatic heterocycles. The van der Waals surface area contributed by atoms with Gasteiger partial charge in [0.15, 0.2) is 17.1 Å². The quantitative estimate of drug-likeness (QED) is 0.303. The van der Waals surface area contributed by atoms with Crippen LogP contribution in [-0.2, 0) is 39.3 Å². The van der Waals surface area contributed by atoms with E-state index in [0.29, 0.717) is 13.8 Å². The normalized spacial score (nSPS) is 28.1. The van der Waals surface area contributed by atoms with Crippen LogP contribution in [-0.4, -0.2) is 0 Å². The highest BCUT2D eigenvalue weighted by atomic mass is 15.6. The van der Waals surface area contributed by atoms with Crippen LogP contribution in [0.3, 0.4) is 0 Å². The molecule has 6 heteroatoms. The minimum absolute atomic E-state index is 0.394. The van der Waals surface area contributed by atoms with Crippen LogP contribution in [0.1, 0.15) is 33.4 Å². The van der Waals surface area contributed by atoms with E-state index in [1.165, 1.54) is 33.4 Å². The monoisotopic (exact) mass is 477 g/mol. The molecular formula is C30H33N6+3. The average molecular weight is 478 g/mol. The fourth-order valence-corrected chi connectivity index (χ4v) is 6.82. The van der Waals surface area contributed by atoms with Crippen molar-refractivity contribution in [2.75, 3.05) is 0 Å². The van der Waals surface area contributed by atoms with Gasteiger partial charge < -0.3 is 0 Å². The zero-order valence-corrected chi connectivity index (χ0v) is 20.5. The minimum atomic E-state index is 0.394. The van der Waals surface area contributed by atoms with Crippen LogP contribution in [0.15, 0.2) is 91.0 Å². The molecule has 3 heterocycles. The van der Waals surface area contributed by atoms with Crippen LogP contribution in [0.25, 0.3) is 0 Å². The first kappa shape index (κ1) is 21.9. The predicted molar refractivity (Wildman–Crippen MR) is 146 cm³/mol. The van der Waals surface area contributed by atoms with Gasteiger partial charge in [-0.25, -0.2) is 13.8 Å². The lowest BCUT2D eigenvalue weighted by Crippen LogP contribution is -2.51. The van der Waals surface area contributed by atoms with Crippen LogP contribution in [0, 0.1) is 0 Å². The van der Waals surface area contributed by atoms with Gasteiger partial charge in [-0.05, 0) is 0 Å². The molecule has 0 aliphatic carbocycles. The van der Waals surface area contributed by atoms with Gasteiger partial charge in [0.25, 0.3) is 0 Å². The summed E-state index contributed by atoms with van der Waals surface area (Å²) in [6.45, 7) is 4.66. The van der Waals surface area contributed by atoms with Gasteiger partial charge in [0.05, 0.1) is 0 Å². The number of hydrogen-bond acceptors (Lipinski definition) is 3. The first-order valence-corrected chi connectivity index (χ1v) is 12.7. The molecule has 180 valence electrons. The number of rotatable bonds is 3. The summed E-state index contributed by atoms with van der Waals surface area (Å²) in [4.78, 5) is 0. The Morgan fingerprint density at radius 1 is 0.333 bits per heavy atom. The second-order valence-electron chi connectivity index (χ2n) is 10.9. The van der Waals surface area contributed by atoms with Crippen LogP contribution in [0.5, 0.6) is 0 Å². The van der Waals surface area contributed by atoms with Crippen molar-refractivity contribution < 1.29 is 0 Å². The lowest BCUT2D eigenvalue weighted by atomic mass is 9.90. The smallest absolute Gasteiger partial charge is 0.152 e. The van der Waals surface area contributed by atoms with E-state index >= 15 is 0 Å². The fraction of sp³-hybridized carbons (Fsp3) is 0.200. The molecule has 3 aliphatic rings. The number of fused-ring (bicyclic) bond motifs is 6. The van der Waals surface area contributed by atoms with Gasteiger partial charge in [-0.1, -0.05) is 54.6 Å². The molecule has 0 fully saturated rings. The number of para-hydroxylation sites is 3. The van der Waals surface area contributed by atoms with Crippen LogP contribution >= 0.6 is 0 Å². The summed E-state index contributed by atoms with van der Waals surface area (Å²) in [5.41, 5.74) is 11.7. The second-order valence-corrected chi connectivity index (χ2v) is 10.9. The van der Waals surface area contributed by atoms with Gasteiger partial charge in [-0.3, -0.25) is 0 Å². The summed E-state index contributed by atoms with van der Waals surface area (Å²) in [7, 11) is 0. The Labute approximate surface area is 212 Å². The average Bonchev–Trinajstić information content (AvgIpc) is 3.58. The van der Waals surface area contributed by atoms with E-state index < -0.39 is 0 Å². The maximum absolute atomic E-state index is 7.14. The number of nitrogens with two attached hydrogens (primary N) is 3. The molecule has 0 aromatic heterocycles. The first-order chi connectivity index (χ1) is 17.4. The molecule has 6 N–H and O–H groups in total. The highest BCUT2D eigenvalue weighted by Gasteiger charge is 2.51. The van der Waals surface area contributed by atoms with Gasteiger partial charge in [-0.2, -0.15) is 17.5 Å². The lowest BCUT2D eigenvalue weighted by molar-refractivity contribution is 0.283. The zero-order valence-electron chi connectivity index (χ0n) is 20.5. The van der Waals surface area contributed by atoms with Crippen LogP contribution in [0.2, 0.25) is 0 Å². The maximum atomic E-state index is 7.14. The van der Waals surface area contributed by atoms with Crippen molar-refractivity contribution in [3.63, 3.8) is 0 Å². The maximum Gasteiger partial charge on any atom is 0.152 e. The molecule has 0 saturated heterocycles. The SMILES string of the molecule is N[N+]1(c2ccccc2)Cc2c3c(c4c(c2C1)C[N+](N)(c1ccccc1)C4)C[N+](N)(c1ccccc1)C3. The predicted octanol–water partition coefficient (Wildman–Crippen LogP) is 4.37. The summed E-state index contributed by atoms with van der Waals surface area (Å²) in [5.74, 6) is 21.4. The Kier molecular flexibility index (Phi) is 4.60. The van der Waals surface area contributed by atoms with Gasteiger partial charge in [0, 0.05) is 69.8 Å². The highest BCUT2D eigenvalue weighted by molar-refractivity contribution is 5.63. The third-order valence-electron chi connectivity index (χ3n) is 8.64. The van der Waals surface area contributed by atoms with E-state index in [2.05, 4.69) is 91.0 Å². The molecule has 4 aromatic rings. The summed E-state index contributed by atoms with van der Waals surface area (Å²) >= 11 is 0. The topological polar surface area (TPSA) is 78.1 Å². The van der Waals surface area contributed by atoms with Gasteiger partial charge in [-0.15, -0.1) is 0 Å². The minimum Gasteiger partial charge on any atom is -0.209 e. The molecule has 0 bridgehead atoms. The molecule has 6 nitrogen and oxygen atoms in total. The molecule has 0 unspecified atom stereocenters. The van der Waals surface area contributed by atoms with Crippen molar-refractivity contribution in [1.29, 1.82) is 0 Å². The zero-order chi connectivity index (χ0) is 24.5. The molecule has 7 rings (SSSR count). The molecule has 36 heavy (non-hydrogen) atoms. The van der Waals surface area contributed by atoms with E-state index in [4.69, 9.17) is 17.5 Å². The Morgan fingerprint density at radius 3 is 0.722 bits per heavy atom. The van der Waals surface area contributed by atoms with Crippen molar-refractivity contribution >= 4 is 17.1 Å². The molecule has 0 spiro atoms. The van der Waals surface area contributed by atoms with E-state index in [9.17, 15) is 0 Å². The summed E-state index contributed by atoms with van der Waals surface area (Å²) in [6, 6.07) is 31.5. The fourth-order valence-electron chi connectivity index (χ4n) is 6.82. The third-order valence-corrected chi connectivity index (χ3v) is 8.64. The highest BCUT2D eigenvalue weighted by Crippen LogP contribution is 2.48. The van der Waals surface area contributed by atoms with E-state index in [-0.39, 0.29) is 0 Å². The lowest BCUT2D eigenvalue weighted by Gasteiger charge is -2.28. The Morgan fingerprint density at radius 2 is 0.528 bits per heavy atom. The second kappa shape index (κ2) is 7.57. The van der Waals surface area contributed by atoms with E-state index in [1.807, 2.05) is 0 Å². The number of quaternary nitrogens is 3. The Balaban J connectivity index is 1.39. The van der Waals surface area contributed by atoms with E-state index in [0.717, 1.165) is 56.3 Å². The first-order valence-electron chi connectivity index (χ1n) is 12.7. The molecular weight excluding hydrogens is 444 g/mol.